The van der Waals surface area contributed by atoms with E-state index in [1.807, 2.05) is 18.2 Å². The van der Waals surface area contributed by atoms with Gasteiger partial charge in [-0.05, 0) is 34.6 Å². The number of aromatic amines is 1. The highest BCUT2D eigenvalue weighted by Crippen LogP contribution is 2.28. The number of piperazine rings is 1. The van der Waals surface area contributed by atoms with Crippen LogP contribution in [-0.4, -0.2) is 29.5 Å². The Kier molecular flexibility index (Phi) is 4.84. The van der Waals surface area contributed by atoms with Gasteiger partial charge in [0.15, 0.2) is 5.58 Å². The highest BCUT2D eigenvalue weighted by atomic mass is 31.0. The van der Waals surface area contributed by atoms with Gasteiger partial charge in [0.05, 0.1) is 18.3 Å². The molecule has 6 nitrogen and oxygen atoms in total. The lowest BCUT2D eigenvalue weighted by molar-refractivity contribution is 0.143. The number of nitrogens with one attached hydrogen (secondary N) is 2. The minimum atomic E-state index is -0.440. The summed E-state index contributed by atoms with van der Waals surface area (Å²) >= 11 is 0. The number of nitrogens with zero attached hydrogens (tertiary/aromatic N) is 1. The van der Waals surface area contributed by atoms with Crippen LogP contribution in [0.3, 0.4) is 0 Å². The van der Waals surface area contributed by atoms with Crippen LogP contribution in [0.25, 0.3) is 22.2 Å². The Labute approximate surface area is 170 Å². The molecule has 1 fully saturated rings. The minimum absolute atomic E-state index is 0.313. The van der Waals surface area contributed by atoms with E-state index in [1.54, 1.807) is 6.26 Å². The molecule has 0 amide bonds. The Balaban J connectivity index is 1.37. The second kappa shape index (κ2) is 7.64. The van der Waals surface area contributed by atoms with Gasteiger partial charge in [0.1, 0.15) is 5.76 Å². The Bertz CT molecular complexity index is 1190. The zero-order valence-corrected chi connectivity index (χ0v) is 17.0. The summed E-state index contributed by atoms with van der Waals surface area (Å²) in [4.78, 5) is 16.5. The molecule has 4 aromatic rings. The zero-order chi connectivity index (χ0) is 19.8. The predicted molar refractivity (Wildman–Crippen MR) is 116 cm³/mol. The van der Waals surface area contributed by atoms with Crippen molar-refractivity contribution >= 4 is 25.6 Å². The van der Waals surface area contributed by atoms with E-state index in [1.165, 1.54) is 10.9 Å². The van der Waals surface area contributed by atoms with E-state index in [-0.39, 0.29) is 0 Å². The smallest absolute Gasteiger partial charge is 0.417 e. The standard InChI is InChI=1S/C22H22N3O3P/c26-22-24-19-6-3-15(10-21(19)28-22)16-9-17(27-13-16)12-25-8-7-23-11-20(25)14-1-4-18(29)5-2-14/h1-6,9-10,13,20,23H,7-8,11-12,29H2,(H,24,26). The molecule has 7 heteroatoms. The lowest BCUT2D eigenvalue weighted by Gasteiger charge is -2.36. The molecule has 3 heterocycles. The van der Waals surface area contributed by atoms with Gasteiger partial charge < -0.3 is 14.2 Å². The number of benzene rings is 2. The first kappa shape index (κ1) is 18.4. The fourth-order valence-electron chi connectivity index (χ4n) is 3.92. The van der Waals surface area contributed by atoms with Gasteiger partial charge in [-0.3, -0.25) is 9.88 Å². The van der Waals surface area contributed by atoms with Gasteiger partial charge in [-0.1, -0.05) is 30.3 Å². The van der Waals surface area contributed by atoms with Crippen LogP contribution in [0.15, 0.2) is 68.4 Å². The largest absolute Gasteiger partial charge is 0.467 e. The maximum Gasteiger partial charge on any atom is 0.417 e. The van der Waals surface area contributed by atoms with Crippen molar-refractivity contribution in [2.75, 3.05) is 19.6 Å². The van der Waals surface area contributed by atoms with Crippen molar-refractivity contribution < 1.29 is 8.83 Å². The third-order valence-electron chi connectivity index (χ3n) is 5.44. The molecule has 0 spiro atoms. The second-order valence-corrected chi connectivity index (χ2v) is 8.05. The van der Waals surface area contributed by atoms with Gasteiger partial charge in [0, 0.05) is 31.2 Å². The molecule has 2 aromatic carbocycles. The lowest BCUT2D eigenvalue weighted by Crippen LogP contribution is -2.45. The fraction of sp³-hybridized carbons (Fsp3) is 0.227. The molecule has 148 valence electrons. The summed E-state index contributed by atoms with van der Waals surface area (Å²) in [5.74, 6) is 0.481. The number of H-pyrrole nitrogens is 1. The fourth-order valence-corrected chi connectivity index (χ4v) is 4.11. The first-order chi connectivity index (χ1) is 14.2. The average molecular weight is 407 g/mol. The third-order valence-corrected chi connectivity index (χ3v) is 5.83. The molecule has 2 aromatic heterocycles. The van der Waals surface area contributed by atoms with Crippen LogP contribution >= 0.6 is 9.24 Å². The molecule has 0 aliphatic carbocycles. The highest BCUT2D eigenvalue weighted by molar-refractivity contribution is 7.27. The van der Waals surface area contributed by atoms with Crippen LogP contribution in [-0.2, 0) is 6.54 Å². The summed E-state index contributed by atoms with van der Waals surface area (Å²) in [5.41, 5.74) is 4.49. The molecule has 5 rings (SSSR count). The van der Waals surface area contributed by atoms with E-state index in [0.29, 0.717) is 17.1 Å². The quantitative estimate of drug-likeness (QED) is 0.509. The number of aromatic nitrogens is 1. The maximum absolute atomic E-state index is 11.4. The maximum atomic E-state index is 11.4. The van der Waals surface area contributed by atoms with E-state index in [2.05, 4.69) is 54.8 Å². The van der Waals surface area contributed by atoms with E-state index in [4.69, 9.17) is 8.83 Å². The van der Waals surface area contributed by atoms with Crippen molar-refractivity contribution in [2.24, 2.45) is 0 Å². The average Bonchev–Trinajstić information content (AvgIpc) is 3.34. The highest BCUT2D eigenvalue weighted by Gasteiger charge is 2.24. The Morgan fingerprint density at radius 2 is 1.97 bits per heavy atom. The monoisotopic (exact) mass is 407 g/mol. The Hall–Kier alpha value is -2.66. The van der Waals surface area contributed by atoms with Crippen LogP contribution in [0.2, 0.25) is 0 Å². The summed E-state index contributed by atoms with van der Waals surface area (Å²) in [7, 11) is 2.73. The van der Waals surface area contributed by atoms with E-state index in [0.717, 1.165) is 43.1 Å². The molecule has 0 radical (unpaired) electrons. The number of fused-ring (bicyclic) bond motifs is 1. The molecule has 2 N–H and O–H groups in total. The van der Waals surface area contributed by atoms with Crippen LogP contribution in [0.5, 0.6) is 0 Å². The van der Waals surface area contributed by atoms with E-state index in [9.17, 15) is 4.79 Å². The van der Waals surface area contributed by atoms with Crippen molar-refractivity contribution in [3.05, 3.63) is 76.7 Å². The molecule has 0 bridgehead atoms. The van der Waals surface area contributed by atoms with Crippen molar-refractivity contribution in [1.82, 2.24) is 15.2 Å². The molecule has 2 unspecified atom stereocenters. The van der Waals surface area contributed by atoms with Gasteiger partial charge >= 0.3 is 5.76 Å². The zero-order valence-electron chi connectivity index (χ0n) is 15.9. The van der Waals surface area contributed by atoms with Crippen molar-refractivity contribution in [1.29, 1.82) is 0 Å². The molecular weight excluding hydrogens is 385 g/mol. The summed E-state index contributed by atoms with van der Waals surface area (Å²) in [6.07, 6.45) is 1.77. The topological polar surface area (TPSA) is 74.4 Å². The SMILES string of the molecule is O=c1[nH]c2ccc(-c3coc(CN4CCNCC4c4ccc(P)cc4)c3)cc2o1. The summed E-state index contributed by atoms with van der Waals surface area (Å²) < 4.78 is 11.0. The molecule has 29 heavy (non-hydrogen) atoms. The van der Waals surface area contributed by atoms with Gasteiger partial charge in [-0.25, -0.2) is 4.79 Å². The van der Waals surface area contributed by atoms with Crippen LogP contribution in [0, 0.1) is 0 Å². The number of oxazole rings is 1. The summed E-state index contributed by atoms with van der Waals surface area (Å²) in [5, 5.41) is 4.69. The van der Waals surface area contributed by atoms with E-state index >= 15 is 0 Å². The second-order valence-electron chi connectivity index (χ2n) is 7.38. The summed E-state index contributed by atoms with van der Waals surface area (Å²) in [6.45, 7) is 3.60. The third kappa shape index (κ3) is 3.79. The molecule has 2 atom stereocenters. The Morgan fingerprint density at radius 3 is 2.83 bits per heavy atom. The first-order valence-corrected chi connectivity index (χ1v) is 10.2. The number of rotatable bonds is 4. The minimum Gasteiger partial charge on any atom is -0.467 e. The lowest BCUT2D eigenvalue weighted by atomic mass is 10.0. The van der Waals surface area contributed by atoms with Gasteiger partial charge in [-0.2, -0.15) is 0 Å². The number of hydrogen-bond donors (Lipinski definition) is 2. The van der Waals surface area contributed by atoms with Crippen LogP contribution < -0.4 is 16.4 Å². The number of hydrogen-bond acceptors (Lipinski definition) is 5. The van der Waals surface area contributed by atoms with Gasteiger partial charge in [0.25, 0.3) is 0 Å². The van der Waals surface area contributed by atoms with E-state index < -0.39 is 5.76 Å². The van der Waals surface area contributed by atoms with Gasteiger partial charge in [0.2, 0.25) is 0 Å². The van der Waals surface area contributed by atoms with Crippen LogP contribution in [0.1, 0.15) is 17.4 Å². The Morgan fingerprint density at radius 1 is 1.10 bits per heavy atom. The molecule has 1 aliphatic heterocycles. The van der Waals surface area contributed by atoms with Gasteiger partial charge in [-0.15, -0.1) is 9.24 Å². The van der Waals surface area contributed by atoms with Crippen molar-refractivity contribution in [3.63, 3.8) is 0 Å². The predicted octanol–water partition coefficient (Wildman–Crippen LogP) is 3.03. The molecule has 1 aliphatic rings. The molecule has 0 saturated carbocycles. The molecule has 1 saturated heterocycles. The van der Waals surface area contributed by atoms with Crippen molar-refractivity contribution in [2.45, 2.75) is 12.6 Å². The molecular formula is C22H22N3O3P. The van der Waals surface area contributed by atoms with Crippen LogP contribution in [0.4, 0.5) is 0 Å². The number of furan rings is 1. The summed E-state index contributed by atoms with van der Waals surface area (Å²) in [6, 6.07) is 16.7. The van der Waals surface area contributed by atoms with Crippen molar-refractivity contribution in [3.8, 4) is 11.1 Å². The first-order valence-electron chi connectivity index (χ1n) is 9.66. The normalized spacial score (nSPS) is 17.8.